The highest BCUT2D eigenvalue weighted by molar-refractivity contribution is 9.10. The van der Waals surface area contributed by atoms with Crippen molar-refractivity contribution in [1.82, 2.24) is 4.90 Å². The summed E-state index contributed by atoms with van der Waals surface area (Å²) in [5, 5.41) is -0.609. The lowest BCUT2D eigenvalue weighted by Crippen LogP contribution is -2.47. The van der Waals surface area contributed by atoms with Crippen molar-refractivity contribution in [2.45, 2.75) is 49.4 Å². The van der Waals surface area contributed by atoms with E-state index in [9.17, 15) is 13.2 Å². The van der Waals surface area contributed by atoms with Gasteiger partial charge in [0.25, 0.3) is 0 Å². The molecule has 0 spiro atoms. The number of benzene rings is 1. The largest absolute Gasteiger partial charge is 0.444 e. The number of hydrogen-bond donors (Lipinski definition) is 0. The zero-order valence-corrected chi connectivity index (χ0v) is 16.0. The molecule has 128 valence electrons. The Morgan fingerprint density at radius 3 is 2.57 bits per heavy atom. The van der Waals surface area contributed by atoms with Gasteiger partial charge in [-0.25, -0.2) is 13.2 Å². The summed E-state index contributed by atoms with van der Waals surface area (Å²) in [5.74, 6) is 0. The molecule has 5 nitrogen and oxygen atoms in total. The molecule has 1 aromatic rings. The number of amides is 1. The van der Waals surface area contributed by atoms with Gasteiger partial charge in [-0.3, -0.25) is 0 Å². The topological polar surface area (TPSA) is 63.7 Å². The Labute approximate surface area is 146 Å². The first-order valence-electron chi connectivity index (χ1n) is 7.57. The molecule has 0 unspecified atom stereocenters. The molecule has 0 aromatic heterocycles. The second-order valence-corrected chi connectivity index (χ2v) is 9.72. The van der Waals surface area contributed by atoms with Gasteiger partial charge in [0.2, 0.25) is 0 Å². The van der Waals surface area contributed by atoms with E-state index < -0.39 is 26.8 Å². The molecule has 1 aromatic carbocycles. The second-order valence-electron chi connectivity index (χ2n) is 6.67. The van der Waals surface area contributed by atoms with Crippen molar-refractivity contribution in [3.8, 4) is 0 Å². The maximum Gasteiger partial charge on any atom is 0.410 e. The van der Waals surface area contributed by atoms with Crippen molar-refractivity contribution in [3.63, 3.8) is 0 Å². The van der Waals surface area contributed by atoms with Gasteiger partial charge in [0.1, 0.15) is 5.60 Å². The van der Waals surface area contributed by atoms with Crippen LogP contribution in [0, 0.1) is 0 Å². The molecule has 0 N–H and O–H groups in total. The van der Waals surface area contributed by atoms with Crippen LogP contribution in [0.4, 0.5) is 4.79 Å². The van der Waals surface area contributed by atoms with Crippen LogP contribution < -0.4 is 0 Å². The van der Waals surface area contributed by atoms with Crippen molar-refractivity contribution < 1.29 is 17.9 Å². The summed E-state index contributed by atoms with van der Waals surface area (Å²) in [7, 11) is -3.50. The van der Waals surface area contributed by atoms with Crippen molar-refractivity contribution >= 4 is 31.9 Å². The molecule has 0 saturated carbocycles. The monoisotopic (exact) mass is 403 g/mol. The second kappa shape index (κ2) is 6.81. The Morgan fingerprint density at radius 1 is 1.30 bits per heavy atom. The fraction of sp³-hybridized carbons (Fsp3) is 0.562. The number of rotatable bonds is 2. The van der Waals surface area contributed by atoms with E-state index in [0.29, 0.717) is 23.9 Å². The Bertz CT molecular complexity index is 682. The smallest absolute Gasteiger partial charge is 0.410 e. The van der Waals surface area contributed by atoms with Gasteiger partial charge in [-0.1, -0.05) is 12.1 Å². The van der Waals surface area contributed by atoms with Crippen LogP contribution in [-0.2, 0) is 14.6 Å². The van der Waals surface area contributed by atoms with Gasteiger partial charge in [-0.2, -0.15) is 0 Å². The van der Waals surface area contributed by atoms with E-state index in [1.165, 1.54) is 4.90 Å². The first kappa shape index (κ1) is 18.3. The third-order valence-corrected chi connectivity index (χ3v) is 6.80. The van der Waals surface area contributed by atoms with Gasteiger partial charge in [0, 0.05) is 17.6 Å². The maximum atomic E-state index is 12.9. The van der Waals surface area contributed by atoms with Gasteiger partial charge >= 0.3 is 6.09 Å². The lowest BCUT2D eigenvalue weighted by atomic mass is 10.1. The van der Waals surface area contributed by atoms with Gasteiger partial charge in [0.05, 0.1) is 10.1 Å². The zero-order chi connectivity index (χ0) is 17.3. The van der Waals surface area contributed by atoms with Crippen LogP contribution in [-0.4, -0.2) is 43.4 Å². The number of hydrogen-bond acceptors (Lipinski definition) is 4. The van der Waals surface area contributed by atoms with E-state index in [2.05, 4.69) is 15.9 Å². The average Bonchev–Trinajstić information content (AvgIpc) is 2.46. The normalized spacial score (nSPS) is 19.5. The number of piperidine rings is 1. The molecule has 1 fully saturated rings. The highest BCUT2D eigenvalue weighted by atomic mass is 79.9. The standard InChI is InChI=1S/C16H22BrNO4S/c1-16(2,3)22-15(19)18-10-6-7-12(11-18)23(20,21)14-9-5-4-8-13(14)17/h4-5,8-9,12H,6-7,10-11H2,1-3H3/t12-/m1/s1. The van der Waals surface area contributed by atoms with Gasteiger partial charge in [-0.05, 0) is 61.7 Å². The lowest BCUT2D eigenvalue weighted by Gasteiger charge is -2.33. The van der Waals surface area contributed by atoms with Gasteiger partial charge in [0.15, 0.2) is 9.84 Å². The maximum absolute atomic E-state index is 12.9. The summed E-state index contributed by atoms with van der Waals surface area (Å²) in [6, 6.07) is 6.77. The van der Waals surface area contributed by atoms with E-state index in [1.807, 2.05) is 0 Å². The predicted octanol–water partition coefficient (Wildman–Crippen LogP) is 3.62. The molecule has 2 rings (SSSR count). The first-order chi connectivity index (χ1) is 10.6. The van der Waals surface area contributed by atoms with Crippen LogP contribution in [0.3, 0.4) is 0 Å². The molecule has 7 heteroatoms. The number of sulfone groups is 1. The van der Waals surface area contributed by atoms with E-state index in [-0.39, 0.29) is 11.4 Å². The average molecular weight is 404 g/mol. The van der Waals surface area contributed by atoms with E-state index in [0.717, 1.165) is 0 Å². The molecule has 1 saturated heterocycles. The molecule has 1 aliphatic rings. The van der Waals surface area contributed by atoms with E-state index in [4.69, 9.17) is 4.74 Å². The number of carbonyl (C=O) groups excluding carboxylic acids is 1. The molecular formula is C16H22BrNO4S. The van der Waals surface area contributed by atoms with E-state index >= 15 is 0 Å². The van der Waals surface area contributed by atoms with Crippen LogP contribution in [0.5, 0.6) is 0 Å². The third kappa shape index (κ3) is 4.47. The Balaban J connectivity index is 2.18. The van der Waals surface area contributed by atoms with Crippen LogP contribution in [0.1, 0.15) is 33.6 Å². The van der Waals surface area contributed by atoms with E-state index in [1.54, 1.807) is 45.0 Å². The summed E-state index contributed by atoms with van der Waals surface area (Å²) in [6.45, 7) is 6.08. The number of ether oxygens (including phenoxy) is 1. The fourth-order valence-electron chi connectivity index (χ4n) is 2.54. The highest BCUT2D eigenvalue weighted by Gasteiger charge is 2.36. The molecule has 1 heterocycles. The SMILES string of the molecule is CC(C)(C)OC(=O)N1CCC[C@@H](S(=O)(=O)c2ccccc2Br)C1. The molecule has 1 amide bonds. The van der Waals surface area contributed by atoms with Crippen molar-refractivity contribution in [3.05, 3.63) is 28.7 Å². The Hall–Kier alpha value is -1.08. The molecule has 1 aliphatic heterocycles. The Kier molecular flexibility index (Phi) is 5.41. The van der Waals surface area contributed by atoms with Crippen LogP contribution in [0.15, 0.2) is 33.6 Å². The van der Waals surface area contributed by atoms with Crippen molar-refractivity contribution in [1.29, 1.82) is 0 Å². The van der Waals surface area contributed by atoms with Crippen molar-refractivity contribution in [2.24, 2.45) is 0 Å². The summed E-state index contributed by atoms with van der Waals surface area (Å²) >= 11 is 3.30. The molecule has 0 aliphatic carbocycles. The van der Waals surface area contributed by atoms with Crippen LogP contribution in [0.25, 0.3) is 0 Å². The quantitative estimate of drug-likeness (QED) is 0.755. The highest BCUT2D eigenvalue weighted by Crippen LogP contribution is 2.29. The number of nitrogens with zero attached hydrogens (tertiary/aromatic N) is 1. The Morgan fingerprint density at radius 2 is 1.96 bits per heavy atom. The minimum absolute atomic E-state index is 0.165. The summed E-state index contributed by atoms with van der Waals surface area (Å²) in [4.78, 5) is 14.0. The summed E-state index contributed by atoms with van der Waals surface area (Å²) in [5.41, 5.74) is -0.592. The molecule has 0 bridgehead atoms. The lowest BCUT2D eigenvalue weighted by molar-refractivity contribution is 0.0219. The minimum Gasteiger partial charge on any atom is -0.444 e. The van der Waals surface area contributed by atoms with Crippen LogP contribution >= 0.6 is 15.9 Å². The molecule has 23 heavy (non-hydrogen) atoms. The zero-order valence-electron chi connectivity index (χ0n) is 13.6. The molecule has 0 radical (unpaired) electrons. The molecular weight excluding hydrogens is 382 g/mol. The summed E-state index contributed by atoms with van der Waals surface area (Å²) in [6.07, 6.45) is 0.737. The fourth-order valence-corrected chi connectivity index (χ4v) is 5.32. The number of likely N-dealkylation sites (tertiary alicyclic amines) is 1. The third-order valence-electron chi connectivity index (χ3n) is 3.61. The first-order valence-corrected chi connectivity index (χ1v) is 9.91. The number of halogens is 1. The summed E-state index contributed by atoms with van der Waals surface area (Å²) < 4.78 is 31.6. The predicted molar refractivity (Wildman–Crippen MR) is 92.2 cm³/mol. The molecule has 1 atom stereocenters. The minimum atomic E-state index is -3.50. The van der Waals surface area contributed by atoms with Crippen molar-refractivity contribution in [2.75, 3.05) is 13.1 Å². The van der Waals surface area contributed by atoms with Gasteiger partial charge in [-0.15, -0.1) is 0 Å². The van der Waals surface area contributed by atoms with Crippen LogP contribution in [0.2, 0.25) is 0 Å². The number of carbonyl (C=O) groups is 1. The van der Waals surface area contributed by atoms with Gasteiger partial charge < -0.3 is 9.64 Å².